The number of fused-ring (bicyclic) bond motifs is 1. The molecule has 102 valence electrons. The summed E-state index contributed by atoms with van der Waals surface area (Å²) in [5.74, 6) is 1.01. The van der Waals surface area contributed by atoms with Crippen molar-refractivity contribution >= 4 is 29.9 Å². The van der Waals surface area contributed by atoms with E-state index < -0.39 is 8.07 Å². The van der Waals surface area contributed by atoms with Crippen molar-refractivity contribution in [3.63, 3.8) is 0 Å². The highest BCUT2D eigenvalue weighted by Crippen LogP contribution is 2.60. The number of benzene rings is 1. The zero-order valence-electron chi connectivity index (χ0n) is 11.7. The molecule has 0 unspecified atom stereocenters. The molecule has 1 aromatic carbocycles. The predicted molar refractivity (Wildman–Crippen MR) is 84.0 cm³/mol. The molecule has 1 saturated carbocycles. The van der Waals surface area contributed by atoms with Gasteiger partial charge in [-0.2, -0.15) is 0 Å². The predicted octanol–water partition coefficient (Wildman–Crippen LogP) is 3.93. The van der Waals surface area contributed by atoms with Gasteiger partial charge in [0.15, 0.2) is 0 Å². The summed E-state index contributed by atoms with van der Waals surface area (Å²) in [7, 11) is -1.35. The molecule has 0 spiro atoms. The Morgan fingerprint density at radius 2 is 1.95 bits per heavy atom. The topological polar surface area (TPSA) is 20.3 Å². The fraction of sp³-hybridized carbons (Fsp3) is 0.533. The molecule has 0 N–H and O–H groups in total. The lowest BCUT2D eigenvalue weighted by Gasteiger charge is -2.37. The normalized spacial score (nSPS) is 29.3. The lowest BCUT2D eigenvalue weighted by molar-refractivity contribution is 0.0741. The third kappa shape index (κ3) is 1.91. The van der Waals surface area contributed by atoms with Gasteiger partial charge in [0.2, 0.25) is 0 Å². The second-order valence-corrected chi connectivity index (χ2v) is 13.1. The minimum absolute atomic E-state index is 0.231. The van der Waals surface area contributed by atoms with Crippen molar-refractivity contribution in [1.29, 1.82) is 0 Å². The van der Waals surface area contributed by atoms with Gasteiger partial charge in [-0.05, 0) is 43.0 Å². The first kappa shape index (κ1) is 13.4. The summed E-state index contributed by atoms with van der Waals surface area (Å²) in [5.41, 5.74) is 0.827. The third-order valence-electron chi connectivity index (χ3n) is 4.89. The molecule has 2 nitrogen and oxygen atoms in total. The number of hydrogen-bond donors (Lipinski definition) is 0. The Bertz CT molecular complexity index is 522. The Hall–Kier alpha value is -0.613. The van der Waals surface area contributed by atoms with Crippen LogP contribution >= 0.6 is 15.9 Å². The van der Waals surface area contributed by atoms with E-state index in [-0.39, 0.29) is 11.1 Å². The minimum atomic E-state index is -1.35. The van der Waals surface area contributed by atoms with Crippen LogP contribution in [-0.4, -0.2) is 30.6 Å². The molecular weight excluding hydrogens is 318 g/mol. The summed E-state index contributed by atoms with van der Waals surface area (Å²) in [6.07, 6.45) is 2.44. The molecule has 1 aromatic rings. The number of carbonyl (C=O) groups excluding carboxylic acids is 1. The highest BCUT2D eigenvalue weighted by Gasteiger charge is 2.69. The molecule has 19 heavy (non-hydrogen) atoms. The fourth-order valence-corrected chi connectivity index (χ4v) is 7.34. The summed E-state index contributed by atoms with van der Waals surface area (Å²) in [6.45, 7) is 8.16. The van der Waals surface area contributed by atoms with Gasteiger partial charge in [-0.1, -0.05) is 35.6 Å². The number of nitrogens with zero attached hydrogens (tertiary/aromatic N) is 1. The standard InChI is InChI=1S/C15H20BrNOSi/c1-19(2,3)15-10-12(15)8-9-17(15)14(18)11-4-6-13(16)7-5-11/h4-7,12H,8-10H2,1-3H3/t12-,15-/m1/s1. The van der Waals surface area contributed by atoms with Gasteiger partial charge in [0, 0.05) is 21.7 Å². The van der Waals surface area contributed by atoms with Crippen LogP contribution in [0.5, 0.6) is 0 Å². The molecule has 1 aliphatic carbocycles. The largest absolute Gasteiger partial charge is 0.335 e. The minimum Gasteiger partial charge on any atom is -0.335 e. The van der Waals surface area contributed by atoms with Gasteiger partial charge >= 0.3 is 0 Å². The number of amides is 1. The van der Waals surface area contributed by atoms with Crippen LogP contribution in [0.3, 0.4) is 0 Å². The molecule has 1 amide bonds. The van der Waals surface area contributed by atoms with E-state index in [0.29, 0.717) is 0 Å². The molecule has 0 radical (unpaired) electrons. The number of hydrogen-bond acceptors (Lipinski definition) is 1. The lowest BCUT2D eigenvalue weighted by atomic mass is 10.2. The van der Waals surface area contributed by atoms with Crippen LogP contribution in [-0.2, 0) is 0 Å². The maximum Gasteiger partial charge on any atom is 0.254 e. The molecule has 2 fully saturated rings. The zero-order valence-corrected chi connectivity index (χ0v) is 14.3. The molecule has 2 aliphatic rings. The summed E-state index contributed by atoms with van der Waals surface area (Å²) in [5, 5.41) is 0.247. The molecule has 1 heterocycles. The van der Waals surface area contributed by atoms with Gasteiger partial charge in [-0.3, -0.25) is 4.79 Å². The van der Waals surface area contributed by atoms with Crippen molar-refractivity contribution in [1.82, 2.24) is 4.90 Å². The monoisotopic (exact) mass is 337 g/mol. The summed E-state index contributed by atoms with van der Waals surface area (Å²) < 4.78 is 1.02. The highest BCUT2D eigenvalue weighted by molar-refractivity contribution is 9.10. The maximum absolute atomic E-state index is 12.8. The Kier molecular flexibility index (Phi) is 2.95. The third-order valence-corrected chi connectivity index (χ3v) is 8.90. The van der Waals surface area contributed by atoms with Crippen LogP contribution in [0.2, 0.25) is 19.6 Å². The first-order chi connectivity index (χ1) is 8.86. The molecule has 0 bridgehead atoms. The van der Waals surface area contributed by atoms with E-state index in [2.05, 4.69) is 40.5 Å². The van der Waals surface area contributed by atoms with Gasteiger partial charge in [0.1, 0.15) is 0 Å². The van der Waals surface area contributed by atoms with E-state index in [4.69, 9.17) is 0 Å². The molecule has 4 heteroatoms. The van der Waals surface area contributed by atoms with Crippen molar-refractivity contribution < 1.29 is 4.79 Å². The van der Waals surface area contributed by atoms with Crippen LogP contribution in [0, 0.1) is 5.92 Å². The van der Waals surface area contributed by atoms with Gasteiger partial charge in [-0.25, -0.2) is 0 Å². The van der Waals surface area contributed by atoms with E-state index in [1.165, 1.54) is 12.8 Å². The number of rotatable bonds is 2. The Labute approximate surface area is 124 Å². The number of piperidine rings is 1. The van der Waals surface area contributed by atoms with Crippen LogP contribution in [0.1, 0.15) is 23.2 Å². The molecular formula is C15H20BrNOSi. The van der Waals surface area contributed by atoms with E-state index in [0.717, 1.165) is 22.5 Å². The smallest absolute Gasteiger partial charge is 0.254 e. The second-order valence-electron chi connectivity index (χ2n) is 6.83. The first-order valence-corrected chi connectivity index (χ1v) is 11.2. The van der Waals surface area contributed by atoms with Crippen molar-refractivity contribution in [2.24, 2.45) is 5.92 Å². The first-order valence-electron chi connectivity index (χ1n) is 6.94. The summed E-state index contributed by atoms with van der Waals surface area (Å²) in [4.78, 5) is 15.0. The molecule has 1 aliphatic heterocycles. The average molecular weight is 338 g/mol. The van der Waals surface area contributed by atoms with E-state index in [9.17, 15) is 4.79 Å². The molecule has 0 aromatic heterocycles. The van der Waals surface area contributed by atoms with E-state index in [1.807, 2.05) is 24.3 Å². The van der Waals surface area contributed by atoms with E-state index >= 15 is 0 Å². The van der Waals surface area contributed by atoms with Gasteiger partial charge in [0.05, 0.1) is 8.07 Å². The average Bonchev–Trinajstić information content (AvgIpc) is 2.97. The van der Waals surface area contributed by atoms with Gasteiger partial charge in [0.25, 0.3) is 5.91 Å². The van der Waals surface area contributed by atoms with Crippen LogP contribution in [0.4, 0.5) is 0 Å². The fourth-order valence-electron chi connectivity index (χ4n) is 3.83. The summed E-state index contributed by atoms with van der Waals surface area (Å²) in [6, 6.07) is 7.77. The quantitative estimate of drug-likeness (QED) is 0.748. The zero-order chi connectivity index (χ0) is 13.8. The van der Waals surface area contributed by atoms with Crippen LogP contribution in [0.15, 0.2) is 28.7 Å². The summed E-state index contributed by atoms with van der Waals surface area (Å²) >= 11 is 3.42. The molecule has 1 saturated heterocycles. The van der Waals surface area contributed by atoms with Crippen molar-refractivity contribution in [2.45, 2.75) is 37.6 Å². The molecule has 2 atom stereocenters. The van der Waals surface area contributed by atoms with E-state index in [1.54, 1.807) is 0 Å². The number of carbonyl (C=O) groups is 1. The van der Waals surface area contributed by atoms with Crippen molar-refractivity contribution in [3.8, 4) is 0 Å². The SMILES string of the molecule is C[Si](C)(C)[C@]12C[C@H]1CCN2C(=O)c1ccc(Br)cc1. The van der Waals surface area contributed by atoms with Crippen LogP contribution < -0.4 is 0 Å². The van der Waals surface area contributed by atoms with Gasteiger partial charge in [-0.15, -0.1) is 0 Å². The van der Waals surface area contributed by atoms with Crippen molar-refractivity contribution in [2.75, 3.05) is 6.54 Å². The Morgan fingerprint density at radius 1 is 1.32 bits per heavy atom. The molecule has 3 rings (SSSR count). The highest BCUT2D eigenvalue weighted by atomic mass is 79.9. The van der Waals surface area contributed by atoms with Gasteiger partial charge < -0.3 is 4.90 Å². The van der Waals surface area contributed by atoms with Crippen molar-refractivity contribution in [3.05, 3.63) is 34.3 Å². The number of likely N-dealkylation sites (tertiary alicyclic amines) is 1. The Balaban J connectivity index is 1.90. The number of halogens is 1. The lowest BCUT2D eigenvalue weighted by Crippen LogP contribution is -2.54. The Morgan fingerprint density at radius 3 is 2.47 bits per heavy atom. The van der Waals surface area contributed by atoms with Crippen LogP contribution in [0.25, 0.3) is 0 Å². The maximum atomic E-state index is 12.8. The second kappa shape index (κ2) is 4.19.